The van der Waals surface area contributed by atoms with Crippen molar-refractivity contribution >= 4 is 11.7 Å². The fourth-order valence-corrected chi connectivity index (χ4v) is 3.61. The van der Waals surface area contributed by atoms with Crippen molar-refractivity contribution in [3.05, 3.63) is 53.7 Å². The van der Waals surface area contributed by atoms with E-state index in [9.17, 15) is 4.79 Å². The lowest BCUT2D eigenvalue weighted by atomic mass is 9.90. The van der Waals surface area contributed by atoms with Gasteiger partial charge < -0.3 is 9.80 Å². The van der Waals surface area contributed by atoms with Crippen molar-refractivity contribution in [2.75, 3.05) is 31.1 Å². The molecule has 5 heteroatoms. The molecule has 0 atom stereocenters. The fraction of sp³-hybridized carbons (Fsp3) is 0.476. The molecule has 1 aliphatic rings. The number of piperidine rings is 1. The SMILES string of the molecule is CCN(CC)c1ccc(C(=O)N2CCC(Cc3ccccc3)CC2)nn1. The number of carbonyl (C=O) groups is 1. The summed E-state index contributed by atoms with van der Waals surface area (Å²) in [4.78, 5) is 16.7. The van der Waals surface area contributed by atoms with Crippen LogP contribution in [0.2, 0.25) is 0 Å². The standard InChI is InChI=1S/C21H28N4O/c1-3-24(4-2)20-11-10-19(22-23-20)21(26)25-14-12-18(13-15-25)16-17-8-6-5-7-9-17/h5-11,18H,3-4,12-16H2,1-2H3. The molecule has 1 saturated heterocycles. The van der Waals surface area contributed by atoms with E-state index >= 15 is 0 Å². The summed E-state index contributed by atoms with van der Waals surface area (Å²) < 4.78 is 0. The highest BCUT2D eigenvalue weighted by Crippen LogP contribution is 2.22. The van der Waals surface area contributed by atoms with Gasteiger partial charge >= 0.3 is 0 Å². The molecule has 0 aliphatic carbocycles. The Morgan fingerprint density at radius 3 is 2.31 bits per heavy atom. The molecule has 1 amide bonds. The van der Waals surface area contributed by atoms with E-state index in [4.69, 9.17) is 0 Å². The van der Waals surface area contributed by atoms with Crippen LogP contribution in [0.1, 0.15) is 42.7 Å². The maximum atomic E-state index is 12.7. The average Bonchev–Trinajstić information content (AvgIpc) is 2.70. The third kappa shape index (κ3) is 4.40. The second-order valence-electron chi connectivity index (χ2n) is 6.87. The van der Waals surface area contributed by atoms with Gasteiger partial charge in [0.1, 0.15) is 0 Å². The van der Waals surface area contributed by atoms with Crippen molar-refractivity contribution in [3.63, 3.8) is 0 Å². The summed E-state index contributed by atoms with van der Waals surface area (Å²) in [6.07, 6.45) is 3.19. The van der Waals surface area contributed by atoms with Crippen LogP contribution >= 0.6 is 0 Å². The summed E-state index contributed by atoms with van der Waals surface area (Å²) in [6.45, 7) is 7.54. The predicted molar refractivity (Wildman–Crippen MR) is 104 cm³/mol. The number of likely N-dealkylation sites (tertiary alicyclic amines) is 1. The number of hydrogen-bond acceptors (Lipinski definition) is 4. The van der Waals surface area contributed by atoms with E-state index in [0.717, 1.165) is 51.3 Å². The van der Waals surface area contributed by atoms with Crippen LogP contribution in [0.5, 0.6) is 0 Å². The van der Waals surface area contributed by atoms with E-state index in [1.54, 1.807) is 6.07 Å². The molecule has 26 heavy (non-hydrogen) atoms. The fourth-order valence-electron chi connectivity index (χ4n) is 3.61. The lowest BCUT2D eigenvalue weighted by molar-refractivity contribution is 0.0683. The summed E-state index contributed by atoms with van der Waals surface area (Å²) in [7, 11) is 0. The van der Waals surface area contributed by atoms with E-state index in [2.05, 4.69) is 59.3 Å². The van der Waals surface area contributed by atoms with Gasteiger partial charge in [0.15, 0.2) is 11.5 Å². The van der Waals surface area contributed by atoms with Crippen LogP contribution in [0.15, 0.2) is 42.5 Å². The molecule has 0 N–H and O–H groups in total. The highest BCUT2D eigenvalue weighted by molar-refractivity contribution is 5.92. The van der Waals surface area contributed by atoms with Gasteiger partial charge in [0.25, 0.3) is 5.91 Å². The Balaban J connectivity index is 1.55. The van der Waals surface area contributed by atoms with Gasteiger partial charge in [0, 0.05) is 26.2 Å². The van der Waals surface area contributed by atoms with E-state index in [1.165, 1.54) is 5.56 Å². The monoisotopic (exact) mass is 352 g/mol. The number of hydrogen-bond donors (Lipinski definition) is 0. The van der Waals surface area contributed by atoms with Gasteiger partial charge in [0.2, 0.25) is 0 Å². The zero-order valence-corrected chi connectivity index (χ0v) is 15.8. The number of benzene rings is 1. The first kappa shape index (κ1) is 18.4. The van der Waals surface area contributed by atoms with Crippen molar-refractivity contribution in [1.82, 2.24) is 15.1 Å². The highest BCUT2D eigenvalue weighted by Gasteiger charge is 2.24. The van der Waals surface area contributed by atoms with E-state index in [1.807, 2.05) is 11.0 Å². The van der Waals surface area contributed by atoms with Crippen LogP contribution in [-0.4, -0.2) is 47.2 Å². The van der Waals surface area contributed by atoms with Gasteiger partial charge in [-0.05, 0) is 56.7 Å². The Morgan fingerprint density at radius 1 is 1.04 bits per heavy atom. The maximum absolute atomic E-state index is 12.7. The molecule has 3 rings (SSSR count). The van der Waals surface area contributed by atoms with E-state index in [0.29, 0.717) is 11.6 Å². The van der Waals surface area contributed by atoms with Crippen LogP contribution < -0.4 is 4.90 Å². The molecule has 0 bridgehead atoms. The Bertz CT molecular complexity index is 690. The van der Waals surface area contributed by atoms with Gasteiger partial charge in [-0.15, -0.1) is 10.2 Å². The van der Waals surface area contributed by atoms with Gasteiger partial charge in [-0.25, -0.2) is 0 Å². The first-order valence-electron chi connectivity index (χ1n) is 9.63. The molecule has 2 heterocycles. The van der Waals surface area contributed by atoms with E-state index < -0.39 is 0 Å². The Morgan fingerprint density at radius 2 is 1.73 bits per heavy atom. The highest BCUT2D eigenvalue weighted by atomic mass is 16.2. The normalized spacial score (nSPS) is 15.1. The largest absolute Gasteiger partial charge is 0.356 e. The molecule has 0 spiro atoms. The molecule has 2 aromatic rings. The average molecular weight is 352 g/mol. The van der Waals surface area contributed by atoms with Crippen molar-refractivity contribution in [1.29, 1.82) is 0 Å². The minimum Gasteiger partial charge on any atom is -0.356 e. The van der Waals surface area contributed by atoms with Gasteiger partial charge in [0.05, 0.1) is 0 Å². The third-order valence-corrected chi connectivity index (χ3v) is 5.23. The molecule has 1 fully saturated rings. The van der Waals surface area contributed by atoms with Crippen molar-refractivity contribution in [2.45, 2.75) is 33.1 Å². The third-order valence-electron chi connectivity index (χ3n) is 5.23. The second kappa shape index (κ2) is 8.79. The number of aromatic nitrogens is 2. The first-order valence-corrected chi connectivity index (χ1v) is 9.63. The predicted octanol–water partition coefficient (Wildman–Crippen LogP) is 3.42. The lowest BCUT2D eigenvalue weighted by Crippen LogP contribution is -2.39. The first-order chi connectivity index (χ1) is 12.7. The molecule has 138 valence electrons. The number of rotatable bonds is 6. The minimum absolute atomic E-state index is 0.00163. The summed E-state index contributed by atoms with van der Waals surface area (Å²) in [5.41, 5.74) is 1.83. The number of carbonyl (C=O) groups excluding carboxylic acids is 1. The maximum Gasteiger partial charge on any atom is 0.274 e. The molecule has 1 aromatic carbocycles. The van der Waals surface area contributed by atoms with E-state index in [-0.39, 0.29) is 5.91 Å². The zero-order valence-electron chi connectivity index (χ0n) is 15.8. The van der Waals surface area contributed by atoms with Crippen molar-refractivity contribution in [2.24, 2.45) is 5.92 Å². The van der Waals surface area contributed by atoms with Crippen LogP contribution in [0.25, 0.3) is 0 Å². The molecule has 5 nitrogen and oxygen atoms in total. The lowest BCUT2D eigenvalue weighted by Gasteiger charge is -2.32. The van der Waals surface area contributed by atoms with Crippen molar-refractivity contribution < 1.29 is 4.79 Å². The summed E-state index contributed by atoms with van der Waals surface area (Å²) in [6, 6.07) is 14.3. The van der Waals surface area contributed by atoms with Gasteiger partial charge in [-0.1, -0.05) is 30.3 Å². The second-order valence-corrected chi connectivity index (χ2v) is 6.87. The molecule has 0 unspecified atom stereocenters. The minimum atomic E-state index is 0.00163. The van der Waals surface area contributed by atoms with Gasteiger partial charge in [-0.2, -0.15) is 0 Å². The Labute approximate surface area is 156 Å². The number of nitrogens with zero attached hydrogens (tertiary/aromatic N) is 4. The summed E-state index contributed by atoms with van der Waals surface area (Å²) >= 11 is 0. The quantitative estimate of drug-likeness (QED) is 0.799. The molecule has 0 radical (unpaired) electrons. The summed E-state index contributed by atoms with van der Waals surface area (Å²) in [5, 5.41) is 8.41. The van der Waals surface area contributed by atoms with Crippen molar-refractivity contribution in [3.8, 4) is 0 Å². The summed E-state index contributed by atoms with van der Waals surface area (Å²) in [5.74, 6) is 1.48. The zero-order chi connectivity index (χ0) is 18.4. The Hall–Kier alpha value is -2.43. The molecular weight excluding hydrogens is 324 g/mol. The van der Waals surface area contributed by atoms with Crippen LogP contribution in [0.4, 0.5) is 5.82 Å². The number of amides is 1. The Kier molecular flexibility index (Phi) is 6.21. The van der Waals surface area contributed by atoms with Crippen LogP contribution in [-0.2, 0) is 6.42 Å². The molecule has 1 aliphatic heterocycles. The number of anilines is 1. The molecule has 0 saturated carbocycles. The van der Waals surface area contributed by atoms with Crippen LogP contribution in [0.3, 0.4) is 0 Å². The van der Waals surface area contributed by atoms with Crippen LogP contribution in [0, 0.1) is 5.92 Å². The topological polar surface area (TPSA) is 49.3 Å². The van der Waals surface area contributed by atoms with Gasteiger partial charge in [-0.3, -0.25) is 4.79 Å². The molecular formula is C21H28N4O. The smallest absolute Gasteiger partial charge is 0.274 e. The molecule has 1 aromatic heterocycles.